The van der Waals surface area contributed by atoms with E-state index in [4.69, 9.17) is 32.7 Å². The maximum atomic E-state index is 12.7. The van der Waals surface area contributed by atoms with Gasteiger partial charge in [0.15, 0.2) is 5.75 Å². The van der Waals surface area contributed by atoms with E-state index >= 15 is 0 Å². The van der Waals surface area contributed by atoms with Crippen molar-refractivity contribution in [1.29, 1.82) is 0 Å². The Hall–Kier alpha value is -2.28. The molecule has 0 bridgehead atoms. The lowest BCUT2D eigenvalue weighted by atomic mass is 10.2. The Labute approximate surface area is 174 Å². The van der Waals surface area contributed by atoms with Gasteiger partial charge in [-0.05, 0) is 52.3 Å². The van der Waals surface area contributed by atoms with Crippen LogP contribution in [0.25, 0.3) is 0 Å². The van der Waals surface area contributed by atoms with Gasteiger partial charge in [-0.15, -0.1) is 0 Å². The fourth-order valence-electron chi connectivity index (χ4n) is 2.24. The second-order valence-corrected chi connectivity index (χ2v) is 7.04. The lowest BCUT2D eigenvalue weighted by Gasteiger charge is -2.13. The zero-order chi connectivity index (χ0) is 19.4. The zero-order valence-corrected chi connectivity index (χ0v) is 17.1. The van der Waals surface area contributed by atoms with Crippen LogP contribution in [0.1, 0.15) is 10.4 Å². The number of rotatable bonds is 5. The van der Waals surface area contributed by atoms with E-state index in [2.05, 4.69) is 26.2 Å². The van der Waals surface area contributed by atoms with Crippen LogP contribution in [0.3, 0.4) is 0 Å². The summed E-state index contributed by atoms with van der Waals surface area (Å²) in [6.07, 6.45) is 1.43. The van der Waals surface area contributed by atoms with Crippen LogP contribution >= 0.6 is 39.1 Å². The van der Waals surface area contributed by atoms with Crippen molar-refractivity contribution in [3.8, 4) is 17.4 Å². The number of nitrogens with zero attached hydrogens (tertiary/aromatic N) is 1. The number of amides is 1. The molecule has 0 saturated carbocycles. The number of pyridine rings is 1. The molecule has 0 atom stereocenters. The van der Waals surface area contributed by atoms with Crippen LogP contribution in [0.2, 0.25) is 10.0 Å². The first kappa shape index (κ1) is 19.5. The number of carbonyl (C=O) groups is 1. The predicted octanol–water partition coefficient (Wildman–Crippen LogP) is 6.20. The van der Waals surface area contributed by atoms with E-state index < -0.39 is 0 Å². The molecular weight excluding hydrogens is 455 g/mol. The molecule has 0 unspecified atom stereocenters. The SMILES string of the molecule is COc1ccc(Br)c(C(=O)Nc2ccccc2Oc2ncc(Cl)cc2Cl)c1. The van der Waals surface area contributed by atoms with Gasteiger partial charge in [0, 0.05) is 10.7 Å². The smallest absolute Gasteiger partial charge is 0.257 e. The number of nitrogens with one attached hydrogen (secondary N) is 1. The molecule has 1 heterocycles. The first-order valence-corrected chi connectivity index (χ1v) is 9.25. The van der Waals surface area contributed by atoms with Crippen LogP contribution in [0.4, 0.5) is 5.69 Å². The summed E-state index contributed by atoms with van der Waals surface area (Å²) in [5.41, 5.74) is 0.886. The average molecular weight is 468 g/mol. The van der Waals surface area contributed by atoms with Crippen LogP contribution in [0.15, 0.2) is 59.2 Å². The van der Waals surface area contributed by atoms with E-state index in [-0.39, 0.29) is 16.8 Å². The van der Waals surface area contributed by atoms with Crippen LogP contribution in [-0.4, -0.2) is 18.0 Å². The second-order valence-electron chi connectivity index (χ2n) is 5.34. The first-order chi connectivity index (χ1) is 13.0. The van der Waals surface area contributed by atoms with Crippen molar-refractivity contribution in [1.82, 2.24) is 4.98 Å². The number of halogens is 3. The summed E-state index contributed by atoms with van der Waals surface area (Å²) in [6, 6.07) is 13.6. The Morgan fingerprint density at radius 1 is 1.15 bits per heavy atom. The van der Waals surface area contributed by atoms with Crippen LogP contribution in [0, 0.1) is 0 Å². The normalized spacial score (nSPS) is 10.4. The summed E-state index contributed by atoms with van der Waals surface area (Å²) in [6.45, 7) is 0. The van der Waals surface area contributed by atoms with E-state index in [0.29, 0.717) is 32.2 Å². The molecule has 0 spiro atoms. The molecule has 3 aromatic rings. The minimum Gasteiger partial charge on any atom is -0.497 e. The van der Waals surface area contributed by atoms with E-state index in [1.165, 1.54) is 19.4 Å². The van der Waals surface area contributed by atoms with Gasteiger partial charge >= 0.3 is 0 Å². The van der Waals surface area contributed by atoms with Crippen LogP contribution < -0.4 is 14.8 Å². The van der Waals surface area contributed by atoms with Gasteiger partial charge in [0.25, 0.3) is 5.91 Å². The van der Waals surface area contributed by atoms with Gasteiger partial charge in [-0.3, -0.25) is 4.79 Å². The highest BCUT2D eigenvalue weighted by molar-refractivity contribution is 9.10. The number of anilines is 1. The van der Waals surface area contributed by atoms with Crippen molar-refractivity contribution in [2.45, 2.75) is 0 Å². The predicted molar refractivity (Wildman–Crippen MR) is 109 cm³/mol. The number of methoxy groups -OCH3 is 1. The number of hydrogen-bond acceptors (Lipinski definition) is 4. The summed E-state index contributed by atoms with van der Waals surface area (Å²) < 4.78 is 11.6. The highest BCUT2D eigenvalue weighted by Crippen LogP contribution is 2.34. The largest absolute Gasteiger partial charge is 0.497 e. The summed E-state index contributed by atoms with van der Waals surface area (Å²) in [5, 5.41) is 3.49. The summed E-state index contributed by atoms with van der Waals surface area (Å²) in [7, 11) is 1.54. The molecule has 1 N–H and O–H groups in total. The van der Waals surface area contributed by atoms with Gasteiger partial charge in [0.2, 0.25) is 5.88 Å². The number of aromatic nitrogens is 1. The Morgan fingerprint density at radius 3 is 2.67 bits per heavy atom. The molecule has 2 aromatic carbocycles. The second kappa shape index (κ2) is 8.61. The molecule has 0 aliphatic heterocycles. The fourth-order valence-corrected chi connectivity index (χ4v) is 3.08. The summed E-state index contributed by atoms with van der Waals surface area (Å²) >= 11 is 15.3. The number of carbonyl (C=O) groups excluding carboxylic acids is 1. The molecule has 0 aliphatic rings. The van der Waals surface area contributed by atoms with E-state index in [1.54, 1.807) is 42.5 Å². The molecule has 0 fully saturated rings. The lowest BCUT2D eigenvalue weighted by Crippen LogP contribution is -2.13. The molecule has 0 aliphatic carbocycles. The molecule has 0 saturated heterocycles. The van der Waals surface area contributed by atoms with Gasteiger partial charge < -0.3 is 14.8 Å². The number of hydrogen-bond donors (Lipinski definition) is 1. The van der Waals surface area contributed by atoms with Gasteiger partial charge in [0.05, 0.1) is 23.4 Å². The minimum absolute atomic E-state index is 0.185. The van der Waals surface area contributed by atoms with Crippen molar-refractivity contribution in [2.75, 3.05) is 12.4 Å². The van der Waals surface area contributed by atoms with Gasteiger partial charge in [-0.1, -0.05) is 35.3 Å². The Balaban J connectivity index is 1.87. The van der Waals surface area contributed by atoms with Crippen molar-refractivity contribution in [3.63, 3.8) is 0 Å². The molecule has 1 aromatic heterocycles. The van der Waals surface area contributed by atoms with Crippen molar-refractivity contribution in [3.05, 3.63) is 74.8 Å². The third-order valence-electron chi connectivity index (χ3n) is 3.53. The fraction of sp³-hybridized carbons (Fsp3) is 0.0526. The molecule has 138 valence electrons. The number of para-hydroxylation sites is 2. The monoisotopic (exact) mass is 466 g/mol. The topological polar surface area (TPSA) is 60.5 Å². The number of benzene rings is 2. The van der Waals surface area contributed by atoms with E-state index in [1.807, 2.05) is 0 Å². The maximum Gasteiger partial charge on any atom is 0.257 e. The summed E-state index contributed by atoms with van der Waals surface area (Å²) in [4.78, 5) is 16.8. The first-order valence-electron chi connectivity index (χ1n) is 7.70. The quantitative estimate of drug-likeness (QED) is 0.484. The molecule has 5 nitrogen and oxygen atoms in total. The molecule has 8 heteroatoms. The highest BCUT2D eigenvalue weighted by atomic mass is 79.9. The van der Waals surface area contributed by atoms with Crippen molar-refractivity contribution >= 4 is 50.7 Å². The van der Waals surface area contributed by atoms with E-state index in [0.717, 1.165) is 0 Å². The van der Waals surface area contributed by atoms with Crippen molar-refractivity contribution in [2.24, 2.45) is 0 Å². The summed E-state index contributed by atoms with van der Waals surface area (Å²) in [5.74, 6) is 0.823. The highest BCUT2D eigenvalue weighted by Gasteiger charge is 2.15. The molecule has 3 rings (SSSR count). The lowest BCUT2D eigenvalue weighted by molar-refractivity contribution is 0.102. The molecular formula is C19H13BrCl2N2O3. The molecule has 0 radical (unpaired) electrons. The van der Waals surface area contributed by atoms with Crippen molar-refractivity contribution < 1.29 is 14.3 Å². The maximum absolute atomic E-state index is 12.7. The number of ether oxygens (including phenoxy) is 2. The van der Waals surface area contributed by atoms with Crippen LogP contribution in [-0.2, 0) is 0 Å². The Kier molecular flexibility index (Phi) is 6.21. The molecule has 1 amide bonds. The standard InChI is InChI=1S/C19H13BrCl2N2O3/c1-26-12-6-7-14(20)13(9-12)18(25)24-16-4-2-3-5-17(16)27-19-15(22)8-11(21)10-23-19/h2-10H,1H3,(H,24,25). The van der Waals surface area contributed by atoms with Gasteiger partial charge in [-0.25, -0.2) is 4.98 Å². The Bertz CT molecular complexity index is 998. The van der Waals surface area contributed by atoms with E-state index in [9.17, 15) is 4.79 Å². The van der Waals surface area contributed by atoms with Gasteiger partial charge in [-0.2, -0.15) is 0 Å². The zero-order valence-electron chi connectivity index (χ0n) is 14.0. The van der Waals surface area contributed by atoms with Gasteiger partial charge in [0.1, 0.15) is 10.8 Å². The molecule has 27 heavy (non-hydrogen) atoms. The Morgan fingerprint density at radius 2 is 1.93 bits per heavy atom. The third-order valence-corrected chi connectivity index (χ3v) is 4.70. The third kappa shape index (κ3) is 4.71. The average Bonchev–Trinajstić information content (AvgIpc) is 2.65. The minimum atomic E-state index is -0.327. The van der Waals surface area contributed by atoms with Crippen LogP contribution in [0.5, 0.6) is 17.4 Å².